The van der Waals surface area contributed by atoms with Gasteiger partial charge in [0.25, 0.3) is 0 Å². The molecule has 0 saturated carbocycles. The summed E-state index contributed by atoms with van der Waals surface area (Å²) in [6, 6.07) is 9.95. The van der Waals surface area contributed by atoms with Crippen LogP contribution in [0.2, 0.25) is 0 Å². The molecule has 0 radical (unpaired) electrons. The van der Waals surface area contributed by atoms with Crippen LogP contribution in [-0.4, -0.2) is 28.4 Å². The van der Waals surface area contributed by atoms with Crippen LogP contribution < -0.4 is 0 Å². The molecule has 1 fully saturated rings. The molecule has 0 spiro atoms. The van der Waals surface area contributed by atoms with Crippen molar-refractivity contribution in [2.45, 2.75) is 44.1 Å². The minimum atomic E-state index is -1.21. The summed E-state index contributed by atoms with van der Waals surface area (Å²) in [7, 11) is -1.21. The van der Waals surface area contributed by atoms with Gasteiger partial charge in [-0.2, -0.15) is 4.40 Å². The zero-order valence-corrected chi connectivity index (χ0v) is 13.7. The Kier molecular flexibility index (Phi) is 5.30. The number of hydrogen-bond acceptors (Lipinski definition) is 3. The van der Waals surface area contributed by atoms with Crippen LogP contribution in [0, 0.1) is 0 Å². The molecule has 5 heteroatoms. The fourth-order valence-electron chi connectivity index (χ4n) is 2.14. The number of hydrogen-bond donors (Lipinski definition) is 0. The van der Waals surface area contributed by atoms with Gasteiger partial charge in [-0.05, 0) is 27.2 Å². The molecule has 4 nitrogen and oxygen atoms in total. The van der Waals surface area contributed by atoms with Crippen molar-refractivity contribution in [1.29, 1.82) is 0 Å². The second kappa shape index (κ2) is 6.81. The molecule has 1 aromatic rings. The first-order chi connectivity index (χ1) is 9.94. The Morgan fingerprint density at radius 2 is 1.86 bits per heavy atom. The lowest BCUT2D eigenvalue weighted by molar-refractivity contribution is -0.169. The van der Waals surface area contributed by atoms with Crippen molar-refractivity contribution in [2.75, 3.05) is 13.2 Å². The third-order valence-corrected chi connectivity index (χ3v) is 4.65. The van der Waals surface area contributed by atoms with Crippen LogP contribution in [0.5, 0.6) is 0 Å². The largest absolute Gasteiger partial charge is 0.343 e. The van der Waals surface area contributed by atoms with E-state index in [9.17, 15) is 4.21 Å². The predicted octanol–water partition coefficient (Wildman–Crippen LogP) is 3.20. The van der Waals surface area contributed by atoms with Gasteiger partial charge in [-0.1, -0.05) is 30.3 Å². The molecule has 116 valence electrons. The molecule has 0 unspecified atom stereocenters. The van der Waals surface area contributed by atoms with Gasteiger partial charge in [0.1, 0.15) is 11.0 Å². The minimum Gasteiger partial charge on any atom is -0.343 e. The van der Waals surface area contributed by atoms with Gasteiger partial charge >= 0.3 is 0 Å². The minimum absolute atomic E-state index is 0.325. The van der Waals surface area contributed by atoms with Crippen LogP contribution in [0.1, 0.15) is 39.2 Å². The topological polar surface area (TPSA) is 47.9 Å². The maximum absolute atomic E-state index is 11.9. The van der Waals surface area contributed by atoms with Crippen molar-refractivity contribution in [3.05, 3.63) is 35.9 Å². The Hall–Kier alpha value is -1.04. The van der Waals surface area contributed by atoms with Crippen LogP contribution in [0.25, 0.3) is 0 Å². The first-order valence-electron chi connectivity index (χ1n) is 7.22. The Morgan fingerprint density at radius 3 is 2.43 bits per heavy atom. The van der Waals surface area contributed by atoms with E-state index in [1.807, 2.05) is 51.1 Å². The smallest absolute Gasteiger partial charge is 0.195 e. The fraction of sp³-hybridized carbons (Fsp3) is 0.562. The average molecular weight is 309 g/mol. The molecule has 1 heterocycles. The zero-order chi connectivity index (χ0) is 15.3. The molecule has 0 bridgehead atoms. The second-order valence-electron chi connectivity index (χ2n) is 6.00. The maximum Gasteiger partial charge on any atom is 0.195 e. The quantitative estimate of drug-likeness (QED) is 0.785. The Balaban J connectivity index is 1.99. The number of benzene rings is 1. The summed E-state index contributed by atoms with van der Waals surface area (Å²) in [5.74, 6) is -0.684. The van der Waals surface area contributed by atoms with E-state index in [-0.39, 0.29) is 4.75 Å². The highest BCUT2D eigenvalue weighted by atomic mass is 32.2. The van der Waals surface area contributed by atoms with Gasteiger partial charge in [0.2, 0.25) is 0 Å². The highest BCUT2D eigenvalue weighted by Crippen LogP contribution is 2.35. The van der Waals surface area contributed by atoms with E-state index in [2.05, 4.69) is 4.40 Å². The van der Waals surface area contributed by atoms with E-state index >= 15 is 0 Å². The van der Waals surface area contributed by atoms with Crippen molar-refractivity contribution >= 4 is 17.2 Å². The molecule has 0 N–H and O–H groups in total. The third-order valence-electron chi connectivity index (χ3n) is 3.26. The standard InChI is InChI=1S/C16H23NO3S/c1-15(2,3)21(18)17-11-7-10-16(19-12-13-20-16)14-8-5-4-6-9-14/h4-6,8-9,11H,7,10,12-13H2,1-3H3/t21-/m0/s1. The van der Waals surface area contributed by atoms with Gasteiger partial charge in [-0.15, -0.1) is 0 Å². The van der Waals surface area contributed by atoms with Gasteiger partial charge < -0.3 is 9.47 Å². The molecule has 21 heavy (non-hydrogen) atoms. The summed E-state index contributed by atoms with van der Waals surface area (Å²) in [4.78, 5) is 0. The maximum atomic E-state index is 11.9. The molecule has 0 amide bonds. The van der Waals surface area contributed by atoms with E-state index in [4.69, 9.17) is 9.47 Å². The predicted molar refractivity (Wildman–Crippen MR) is 85.6 cm³/mol. The van der Waals surface area contributed by atoms with E-state index in [1.54, 1.807) is 6.21 Å². The Labute approximate surface area is 129 Å². The highest BCUT2D eigenvalue weighted by Gasteiger charge is 2.37. The lowest BCUT2D eigenvalue weighted by atomic mass is 10.0. The number of ether oxygens (including phenoxy) is 2. The van der Waals surface area contributed by atoms with E-state index < -0.39 is 16.8 Å². The molecule has 2 rings (SSSR count). The van der Waals surface area contributed by atoms with Crippen molar-refractivity contribution < 1.29 is 13.7 Å². The summed E-state index contributed by atoms with van der Waals surface area (Å²) in [6.45, 7) is 6.93. The summed E-state index contributed by atoms with van der Waals surface area (Å²) in [5.41, 5.74) is 1.02. The Bertz CT molecular complexity index is 502. The van der Waals surface area contributed by atoms with Crippen molar-refractivity contribution in [3.8, 4) is 0 Å². The second-order valence-corrected chi connectivity index (χ2v) is 7.94. The van der Waals surface area contributed by atoms with Gasteiger partial charge in [0.05, 0.1) is 18.0 Å². The van der Waals surface area contributed by atoms with E-state index in [1.165, 1.54) is 0 Å². The average Bonchev–Trinajstić information content (AvgIpc) is 2.93. The monoisotopic (exact) mass is 309 g/mol. The molecule has 1 aromatic carbocycles. The SMILES string of the molecule is CC(C)(C)[S@](=O)N=CCCC1(c2ccccc2)OCCO1. The third kappa shape index (κ3) is 4.22. The first-order valence-corrected chi connectivity index (χ1v) is 8.33. The molecule has 1 aliphatic rings. The fourth-order valence-corrected chi connectivity index (χ4v) is 2.69. The summed E-state index contributed by atoms with van der Waals surface area (Å²) < 4.78 is 27.3. The van der Waals surface area contributed by atoms with E-state index in [0.717, 1.165) is 5.56 Å². The molecular formula is C16H23NO3S. The van der Waals surface area contributed by atoms with Gasteiger partial charge in [-0.25, -0.2) is 4.21 Å². The summed E-state index contributed by atoms with van der Waals surface area (Å²) >= 11 is 0. The zero-order valence-electron chi connectivity index (χ0n) is 12.9. The molecular weight excluding hydrogens is 286 g/mol. The number of rotatable bonds is 5. The van der Waals surface area contributed by atoms with Crippen molar-refractivity contribution in [3.63, 3.8) is 0 Å². The molecule has 0 aliphatic carbocycles. The Morgan fingerprint density at radius 1 is 1.24 bits per heavy atom. The number of nitrogens with zero attached hydrogens (tertiary/aromatic N) is 1. The van der Waals surface area contributed by atoms with Crippen LogP contribution >= 0.6 is 0 Å². The van der Waals surface area contributed by atoms with Crippen molar-refractivity contribution in [2.24, 2.45) is 4.40 Å². The lowest BCUT2D eigenvalue weighted by Gasteiger charge is -2.27. The van der Waals surface area contributed by atoms with Gasteiger partial charge in [0.15, 0.2) is 5.79 Å². The normalized spacial score (nSPS) is 20.0. The van der Waals surface area contributed by atoms with Crippen molar-refractivity contribution in [1.82, 2.24) is 0 Å². The van der Waals surface area contributed by atoms with E-state index in [0.29, 0.717) is 26.1 Å². The van der Waals surface area contributed by atoms with Gasteiger partial charge in [0, 0.05) is 18.2 Å². The molecule has 1 atom stereocenters. The van der Waals surface area contributed by atoms with Crippen LogP contribution in [0.15, 0.2) is 34.7 Å². The van der Waals surface area contributed by atoms with Crippen LogP contribution in [0.3, 0.4) is 0 Å². The van der Waals surface area contributed by atoms with Gasteiger partial charge in [-0.3, -0.25) is 0 Å². The molecule has 1 saturated heterocycles. The summed E-state index contributed by atoms with van der Waals surface area (Å²) in [5, 5.41) is 0. The first kappa shape index (κ1) is 16.3. The molecule has 0 aromatic heterocycles. The van der Waals surface area contributed by atoms with Crippen LogP contribution in [-0.2, 0) is 26.2 Å². The highest BCUT2D eigenvalue weighted by molar-refractivity contribution is 7.85. The molecule has 1 aliphatic heterocycles. The summed E-state index contributed by atoms with van der Waals surface area (Å²) in [6.07, 6.45) is 3.05. The van der Waals surface area contributed by atoms with Crippen LogP contribution in [0.4, 0.5) is 0 Å². The lowest BCUT2D eigenvalue weighted by Crippen LogP contribution is -2.27.